The Balaban J connectivity index is 1.93. The van der Waals surface area contributed by atoms with E-state index in [1.807, 2.05) is 45.0 Å². The van der Waals surface area contributed by atoms with Gasteiger partial charge in [0.2, 0.25) is 0 Å². The van der Waals surface area contributed by atoms with Gasteiger partial charge in [-0.25, -0.2) is 0 Å². The highest BCUT2D eigenvalue weighted by atomic mass is 28.4. The average Bonchev–Trinajstić information content (AvgIpc) is 2.76. The zero-order valence-electron chi connectivity index (χ0n) is 18.8. The fourth-order valence-electron chi connectivity index (χ4n) is 3.52. The summed E-state index contributed by atoms with van der Waals surface area (Å²) in [5.74, 6) is -1.20. The fourth-order valence-corrected chi connectivity index (χ4v) is 6.21. The van der Waals surface area contributed by atoms with Gasteiger partial charge in [-0.2, -0.15) is 0 Å². The molecule has 0 aliphatic rings. The van der Waals surface area contributed by atoms with E-state index in [2.05, 4.69) is 24.3 Å². The molecule has 0 fully saturated rings. The second-order valence-corrected chi connectivity index (χ2v) is 9.90. The second kappa shape index (κ2) is 13.2. The van der Waals surface area contributed by atoms with E-state index in [9.17, 15) is 9.90 Å². The van der Waals surface area contributed by atoms with Crippen molar-refractivity contribution in [3.8, 4) is 11.1 Å². The van der Waals surface area contributed by atoms with Crippen LogP contribution in [-0.2, 0) is 24.5 Å². The van der Waals surface area contributed by atoms with Crippen LogP contribution >= 0.6 is 0 Å². The van der Waals surface area contributed by atoms with Gasteiger partial charge in [0.15, 0.2) is 0 Å². The lowest BCUT2D eigenvalue weighted by atomic mass is 10.00. The van der Waals surface area contributed by atoms with Gasteiger partial charge in [0.05, 0.1) is 5.97 Å². The predicted molar refractivity (Wildman–Crippen MR) is 124 cm³/mol. The minimum atomic E-state index is -2.55. The van der Waals surface area contributed by atoms with Crippen LogP contribution in [0, 0.1) is 0 Å². The number of hydrogen-bond donors (Lipinski definition) is 0. The molecule has 31 heavy (non-hydrogen) atoms. The first-order valence-electron chi connectivity index (χ1n) is 11.0. The first kappa shape index (κ1) is 25.0. The molecule has 0 heterocycles. The van der Waals surface area contributed by atoms with E-state index < -0.39 is 14.8 Å². The second-order valence-electron chi connectivity index (χ2n) is 7.16. The summed E-state index contributed by atoms with van der Waals surface area (Å²) in [7, 11) is -2.55. The van der Waals surface area contributed by atoms with E-state index in [0.717, 1.165) is 48.1 Å². The third kappa shape index (κ3) is 8.42. The van der Waals surface area contributed by atoms with Crippen molar-refractivity contribution in [2.75, 3.05) is 19.8 Å². The Bertz CT molecular complexity index is 815. The highest BCUT2D eigenvalue weighted by molar-refractivity contribution is 6.60. The normalized spacial score (nSPS) is 11.8. The molecule has 2 aromatic carbocycles. The molecular weight excluding hydrogens is 408 g/mol. The Hall–Kier alpha value is -2.25. The van der Waals surface area contributed by atoms with Crippen molar-refractivity contribution in [2.24, 2.45) is 0 Å². The summed E-state index contributed by atoms with van der Waals surface area (Å²) in [5, 5.41) is 10.6. The zero-order valence-corrected chi connectivity index (χ0v) is 19.8. The quantitative estimate of drug-likeness (QED) is 0.245. The number of unbranched alkanes of at least 4 members (excludes halogenated alkanes) is 1. The van der Waals surface area contributed by atoms with Crippen LogP contribution in [0.1, 0.15) is 44.7 Å². The number of carboxylic acid groups (broad SMARTS) is 1. The molecule has 168 valence electrons. The topological polar surface area (TPSA) is 67.8 Å². The van der Waals surface area contributed by atoms with Gasteiger partial charge in [-0.15, -0.1) is 0 Å². The minimum Gasteiger partial charge on any atom is -0.545 e. The van der Waals surface area contributed by atoms with Crippen molar-refractivity contribution in [2.45, 2.75) is 46.1 Å². The molecule has 0 saturated heterocycles. The Morgan fingerprint density at radius 1 is 0.903 bits per heavy atom. The smallest absolute Gasteiger partial charge is 0.500 e. The van der Waals surface area contributed by atoms with Gasteiger partial charge in [0, 0.05) is 25.9 Å². The molecule has 2 rings (SSSR count). The highest BCUT2D eigenvalue weighted by Crippen LogP contribution is 2.23. The SMILES string of the molecule is CCO[Si](CCCCc1ccc(-c2cccc(/C=C/C(=O)[O-])c2)cc1)(OCC)OCC. The third-order valence-electron chi connectivity index (χ3n) is 4.88. The van der Waals surface area contributed by atoms with Crippen LogP contribution in [0.3, 0.4) is 0 Å². The molecule has 0 unspecified atom stereocenters. The van der Waals surface area contributed by atoms with Crippen LogP contribution in [-0.4, -0.2) is 34.6 Å². The summed E-state index contributed by atoms with van der Waals surface area (Å²) >= 11 is 0. The number of benzene rings is 2. The summed E-state index contributed by atoms with van der Waals surface area (Å²) in [6, 6.07) is 17.1. The summed E-state index contributed by atoms with van der Waals surface area (Å²) in [6.07, 6.45) is 5.63. The maximum Gasteiger partial charge on any atom is 0.500 e. The zero-order chi connectivity index (χ0) is 22.5. The van der Waals surface area contributed by atoms with Crippen molar-refractivity contribution in [1.82, 2.24) is 0 Å². The lowest BCUT2D eigenvalue weighted by molar-refractivity contribution is -0.297. The molecule has 0 aromatic heterocycles. The Labute approximate surface area is 187 Å². The van der Waals surface area contributed by atoms with E-state index in [1.165, 1.54) is 5.56 Å². The van der Waals surface area contributed by atoms with Gasteiger partial charge < -0.3 is 23.2 Å². The molecule has 0 atom stereocenters. The first-order valence-corrected chi connectivity index (χ1v) is 13.0. The Kier molecular flexibility index (Phi) is 10.7. The molecule has 6 heteroatoms. The van der Waals surface area contributed by atoms with Crippen LogP contribution < -0.4 is 5.11 Å². The van der Waals surface area contributed by atoms with Gasteiger partial charge >= 0.3 is 8.80 Å². The number of rotatable bonds is 14. The maximum atomic E-state index is 10.6. The van der Waals surface area contributed by atoms with Crippen LogP contribution in [0.5, 0.6) is 0 Å². The molecule has 2 aromatic rings. The monoisotopic (exact) mass is 441 g/mol. The summed E-state index contributed by atoms with van der Waals surface area (Å²) < 4.78 is 17.8. The highest BCUT2D eigenvalue weighted by Gasteiger charge is 2.39. The summed E-state index contributed by atoms with van der Waals surface area (Å²) in [6.45, 7) is 7.78. The molecule has 0 spiro atoms. The Morgan fingerprint density at radius 3 is 2.13 bits per heavy atom. The number of aryl methyl sites for hydroxylation is 1. The van der Waals surface area contributed by atoms with Crippen molar-refractivity contribution < 1.29 is 23.2 Å². The third-order valence-corrected chi connectivity index (χ3v) is 8.03. The standard InChI is InChI=1S/C25H34O5Si/c1-4-28-31(29-5-2,30-6-3)19-8-7-10-21-13-16-23(17-14-21)24-12-9-11-22(20-24)15-18-25(26)27/h9,11-18,20H,4-8,10,19H2,1-3H3,(H,26,27)/p-1/b18-15+. The van der Waals surface area contributed by atoms with Gasteiger partial charge in [0.25, 0.3) is 0 Å². The van der Waals surface area contributed by atoms with E-state index in [4.69, 9.17) is 13.3 Å². The molecule has 0 N–H and O–H groups in total. The number of carboxylic acids is 1. The van der Waals surface area contributed by atoms with Gasteiger partial charge in [-0.1, -0.05) is 48.5 Å². The molecule has 0 saturated carbocycles. The average molecular weight is 442 g/mol. The molecule has 0 bridgehead atoms. The minimum absolute atomic E-state index is 0.609. The Morgan fingerprint density at radius 2 is 1.55 bits per heavy atom. The van der Waals surface area contributed by atoms with Crippen molar-refractivity contribution >= 4 is 20.8 Å². The molecule has 0 radical (unpaired) electrons. The van der Waals surface area contributed by atoms with Gasteiger partial charge in [0.1, 0.15) is 0 Å². The van der Waals surface area contributed by atoms with Crippen LogP contribution in [0.25, 0.3) is 17.2 Å². The van der Waals surface area contributed by atoms with Gasteiger partial charge in [-0.3, -0.25) is 0 Å². The summed E-state index contributed by atoms with van der Waals surface area (Å²) in [4.78, 5) is 10.6. The molecule has 0 aliphatic carbocycles. The van der Waals surface area contributed by atoms with Gasteiger partial charge in [-0.05, 0) is 74.4 Å². The van der Waals surface area contributed by atoms with E-state index in [-0.39, 0.29) is 0 Å². The molecule has 5 nitrogen and oxygen atoms in total. The van der Waals surface area contributed by atoms with Crippen LogP contribution in [0.4, 0.5) is 0 Å². The number of aliphatic carboxylic acids is 1. The fraction of sp³-hybridized carbons (Fsp3) is 0.400. The first-order chi connectivity index (χ1) is 15.0. The van der Waals surface area contributed by atoms with Crippen molar-refractivity contribution in [3.63, 3.8) is 0 Å². The molecule has 0 amide bonds. The van der Waals surface area contributed by atoms with E-state index >= 15 is 0 Å². The number of carbonyl (C=O) groups excluding carboxylic acids is 1. The number of hydrogen-bond acceptors (Lipinski definition) is 5. The van der Waals surface area contributed by atoms with Crippen LogP contribution in [0.15, 0.2) is 54.6 Å². The molecular formula is C25H33O5Si-. The van der Waals surface area contributed by atoms with Crippen molar-refractivity contribution in [1.29, 1.82) is 0 Å². The molecule has 0 aliphatic heterocycles. The van der Waals surface area contributed by atoms with E-state index in [1.54, 1.807) is 6.08 Å². The number of carbonyl (C=O) groups is 1. The lowest BCUT2D eigenvalue weighted by Gasteiger charge is -2.28. The van der Waals surface area contributed by atoms with Crippen molar-refractivity contribution in [3.05, 3.63) is 65.7 Å². The summed E-state index contributed by atoms with van der Waals surface area (Å²) in [5.41, 5.74) is 4.26. The predicted octanol–water partition coefficient (Wildman–Crippen LogP) is 4.49. The van der Waals surface area contributed by atoms with E-state index in [0.29, 0.717) is 19.8 Å². The largest absolute Gasteiger partial charge is 0.545 e. The maximum absolute atomic E-state index is 10.6. The van der Waals surface area contributed by atoms with Crippen LogP contribution in [0.2, 0.25) is 6.04 Å². The lowest BCUT2D eigenvalue weighted by Crippen LogP contribution is -2.45.